The van der Waals surface area contributed by atoms with Gasteiger partial charge in [-0.25, -0.2) is 0 Å². The van der Waals surface area contributed by atoms with Crippen LogP contribution in [0.5, 0.6) is 0 Å². The monoisotopic (exact) mass is 401 g/mol. The lowest BCUT2D eigenvalue weighted by Gasteiger charge is -2.22. The van der Waals surface area contributed by atoms with Crippen molar-refractivity contribution >= 4 is 15.7 Å². The summed E-state index contributed by atoms with van der Waals surface area (Å²) in [5, 5.41) is 10.1. The lowest BCUT2D eigenvalue weighted by molar-refractivity contribution is -0.0530. The van der Waals surface area contributed by atoms with Crippen molar-refractivity contribution in [1.82, 2.24) is 4.90 Å². The van der Waals surface area contributed by atoms with E-state index in [9.17, 15) is 26.7 Å². The van der Waals surface area contributed by atoms with Gasteiger partial charge >= 0.3 is 15.6 Å². The molecule has 2 aliphatic rings. The molecule has 0 spiro atoms. The zero-order valence-corrected chi connectivity index (χ0v) is 15.2. The molecule has 0 saturated carbocycles. The van der Waals surface area contributed by atoms with Gasteiger partial charge in [0.2, 0.25) is 0 Å². The van der Waals surface area contributed by atoms with E-state index in [1.165, 1.54) is 12.2 Å². The van der Waals surface area contributed by atoms with E-state index >= 15 is 0 Å². The number of benzene rings is 1. The number of likely N-dealkylation sites (N-methyl/N-ethyl adjacent to an activating group) is 1. The Bertz CT molecular complexity index is 918. The van der Waals surface area contributed by atoms with Gasteiger partial charge in [-0.15, -0.1) is 0 Å². The molecule has 0 aromatic heterocycles. The highest BCUT2D eigenvalue weighted by Gasteiger charge is 2.49. The highest BCUT2D eigenvalue weighted by atomic mass is 32.2. The molecular weight excluding hydrogens is 383 g/mol. The quantitative estimate of drug-likeness (QED) is 0.623. The maximum absolute atomic E-state index is 12.7. The number of nitrogens with zero attached hydrogens (tertiary/aromatic N) is 1. The number of fused-ring (bicyclic) bond motifs is 1. The summed E-state index contributed by atoms with van der Waals surface area (Å²) < 4.78 is 64.9. The molecule has 0 saturated heterocycles. The molecule has 0 fully saturated rings. The number of alkyl halides is 3. The van der Waals surface area contributed by atoms with Gasteiger partial charge < -0.3 is 14.2 Å². The van der Waals surface area contributed by atoms with E-state index in [1.807, 2.05) is 42.3 Å². The lowest BCUT2D eigenvalue weighted by Crippen LogP contribution is -2.28. The van der Waals surface area contributed by atoms with Gasteiger partial charge in [-0.1, -0.05) is 30.3 Å². The molecule has 0 amide bonds. The van der Waals surface area contributed by atoms with Crippen LogP contribution in [0.15, 0.2) is 59.4 Å². The molecule has 1 aliphatic heterocycles. The van der Waals surface area contributed by atoms with E-state index < -0.39 is 27.5 Å². The van der Waals surface area contributed by atoms with Crippen LogP contribution in [0.2, 0.25) is 0 Å². The SMILES string of the molecule is CN1CCC2=CC(O)C(OS(=O)(=O)C(F)(F)F)=CC2=C(c2ccccc2)C1. The van der Waals surface area contributed by atoms with Gasteiger partial charge in [-0.2, -0.15) is 21.6 Å². The Kier molecular flexibility index (Phi) is 5.20. The predicted molar refractivity (Wildman–Crippen MR) is 93.7 cm³/mol. The molecule has 27 heavy (non-hydrogen) atoms. The molecule has 0 radical (unpaired) electrons. The van der Waals surface area contributed by atoms with Crippen LogP contribution in [0.1, 0.15) is 12.0 Å². The minimum absolute atomic E-state index is 0.516. The lowest BCUT2D eigenvalue weighted by atomic mass is 9.89. The topological polar surface area (TPSA) is 66.8 Å². The van der Waals surface area contributed by atoms with Crippen molar-refractivity contribution in [3.63, 3.8) is 0 Å². The summed E-state index contributed by atoms with van der Waals surface area (Å²) in [6.07, 6.45) is 1.54. The molecule has 1 atom stereocenters. The zero-order chi connectivity index (χ0) is 19.8. The largest absolute Gasteiger partial charge is 0.534 e. The molecule has 0 bridgehead atoms. The molecule has 3 rings (SSSR count). The van der Waals surface area contributed by atoms with Crippen molar-refractivity contribution in [1.29, 1.82) is 0 Å². The fourth-order valence-corrected chi connectivity index (χ4v) is 3.56. The first-order chi connectivity index (χ1) is 12.6. The molecule has 1 unspecified atom stereocenters. The van der Waals surface area contributed by atoms with Crippen LogP contribution < -0.4 is 0 Å². The predicted octanol–water partition coefficient (Wildman–Crippen LogP) is 2.83. The van der Waals surface area contributed by atoms with Gasteiger partial charge in [0, 0.05) is 13.1 Å². The summed E-state index contributed by atoms with van der Waals surface area (Å²) in [4.78, 5) is 2.04. The van der Waals surface area contributed by atoms with E-state index in [4.69, 9.17) is 0 Å². The van der Waals surface area contributed by atoms with Crippen LogP contribution in [0.25, 0.3) is 5.57 Å². The molecule has 146 valence electrons. The van der Waals surface area contributed by atoms with Crippen molar-refractivity contribution in [2.75, 3.05) is 20.1 Å². The number of hydrogen-bond acceptors (Lipinski definition) is 5. The maximum Gasteiger partial charge on any atom is 0.534 e. The number of hydrogen-bond donors (Lipinski definition) is 1. The van der Waals surface area contributed by atoms with Crippen molar-refractivity contribution in [2.45, 2.75) is 18.0 Å². The number of aliphatic hydroxyl groups is 1. The van der Waals surface area contributed by atoms with Gasteiger partial charge in [-0.3, -0.25) is 0 Å². The summed E-state index contributed by atoms with van der Waals surface area (Å²) in [6.45, 7) is 1.20. The normalized spacial score (nSPS) is 21.9. The van der Waals surface area contributed by atoms with Crippen LogP contribution in [-0.2, 0) is 14.3 Å². The molecule has 9 heteroatoms. The third-order valence-electron chi connectivity index (χ3n) is 4.41. The number of rotatable bonds is 3. The minimum Gasteiger partial charge on any atom is -0.381 e. The van der Waals surface area contributed by atoms with Gasteiger partial charge in [0.15, 0.2) is 5.76 Å². The molecule has 1 aromatic carbocycles. The van der Waals surface area contributed by atoms with E-state index in [-0.39, 0.29) is 0 Å². The summed E-state index contributed by atoms with van der Waals surface area (Å²) in [6, 6.07) is 9.25. The number of halogens is 3. The second-order valence-corrected chi connectivity index (χ2v) is 7.95. The summed E-state index contributed by atoms with van der Waals surface area (Å²) >= 11 is 0. The first-order valence-electron chi connectivity index (χ1n) is 8.17. The summed E-state index contributed by atoms with van der Waals surface area (Å²) in [5.41, 5.74) is -2.58. The zero-order valence-electron chi connectivity index (χ0n) is 14.4. The Balaban J connectivity index is 2.10. The second-order valence-electron chi connectivity index (χ2n) is 6.41. The van der Waals surface area contributed by atoms with Crippen molar-refractivity contribution < 1.29 is 30.9 Å². The first kappa shape index (κ1) is 19.7. The average molecular weight is 401 g/mol. The second kappa shape index (κ2) is 7.14. The van der Waals surface area contributed by atoms with Gasteiger partial charge in [-0.05, 0) is 47.9 Å². The van der Waals surface area contributed by atoms with Gasteiger partial charge in [0.25, 0.3) is 0 Å². The van der Waals surface area contributed by atoms with E-state index in [1.54, 1.807) is 0 Å². The fraction of sp³-hybridized carbons (Fsp3) is 0.333. The number of allylic oxidation sites excluding steroid dienone is 2. The third kappa shape index (κ3) is 4.10. The van der Waals surface area contributed by atoms with Crippen LogP contribution in [-0.4, -0.2) is 50.2 Å². The van der Waals surface area contributed by atoms with Gasteiger partial charge in [0.1, 0.15) is 6.10 Å². The summed E-state index contributed by atoms with van der Waals surface area (Å²) in [5.74, 6) is -0.663. The van der Waals surface area contributed by atoms with Crippen molar-refractivity contribution in [3.8, 4) is 0 Å². The molecular formula is C18H18F3NO4S. The number of aliphatic hydroxyl groups excluding tert-OH is 1. The average Bonchev–Trinajstić information content (AvgIpc) is 2.74. The first-order valence-corrected chi connectivity index (χ1v) is 9.58. The Morgan fingerprint density at radius 2 is 1.89 bits per heavy atom. The van der Waals surface area contributed by atoms with E-state index in [0.29, 0.717) is 25.1 Å². The Hall–Kier alpha value is -2.10. The molecule has 1 heterocycles. The standard InChI is InChI=1S/C18H18F3NO4S/c1-22-8-7-13-9-16(23)17(26-27(24,25)18(19,20)21)10-14(13)15(11-22)12-5-3-2-4-6-12/h2-6,9-10,16,23H,7-8,11H2,1H3. The fourth-order valence-electron chi connectivity index (χ4n) is 3.06. The Morgan fingerprint density at radius 3 is 2.52 bits per heavy atom. The van der Waals surface area contributed by atoms with Crippen molar-refractivity contribution in [2.24, 2.45) is 0 Å². The van der Waals surface area contributed by atoms with Crippen LogP contribution in [0.4, 0.5) is 13.2 Å². The maximum atomic E-state index is 12.7. The highest BCUT2D eigenvalue weighted by Crippen LogP contribution is 2.37. The Morgan fingerprint density at radius 1 is 1.22 bits per heavy atom. The van der Waals surface area contributed by atoms with Gasteiger partial charge in [0.05, 0.1) is 0 Å². The highest BCUT2D eigenvalue weighted by molar-refractivity contribution is 7.87. The van der Waals surface area contributed by atoms with Crippen LogP contribution >= 0.6 is 0 Å². The summed E-state index contributed by atoms with van der Waals surface area (Å²) in [7, 11) is -3.95. The van der Waals surface area contributed by atoms with Crippen LogP contribution in [0, 0.1) is 0 Å². The minimum atomic E-state index is -5.86. The molecule has 1 N–H and O–H groups in total. The van der Waals surface area contributed by atoms with Crippen molar-refractivity contribution in [3.05, 3.63) is 65.0 Å². The molecule has 1 aliphatic carbocycles. The Labute approximate surface area is 155 Å². The van der Waals surface area contributed by atoms with E-state index in [0.717, 1.165) is 16.7 Å². The third-order valence-corrected chi connectivity index (χ3v) is 5.39. The molecule has 5 nitrogen and oxygen atoms in total. The van der Waals surface area contributed by atoms with Crippen LogP contribution in [0.3, 0.4) is 0 Å². The van der Waals surface area contributed by atoms with E-state index in [2.05, 4.69) is 4.18 Å². The molecule has 1 aromatic rings. The smallest absolute Gasteiger partial charge is 0.381 e.